The van der Waals surface area contributed by atoms with E-state index in [4.69, 9.17) is 16.3 Å². The van der Waals surface area contributed by atoms with Crippen LogP contribution in [0.1, 0.15) is 5.56 Å². The fourth-order valence-electron chi connectivity index (χ4n) is 1.61. The van der Waals surface area contributed by atoms with Gasteiger partial charge in [-0.05, 0) is 43.4 Å². The van der Waals surface area contributed by atoms with Crippen LogP contribution in [0.15, 0.2) is 42.5 Å². The molecule has 0 amide bonds. The molecule has 4 heteroatoms. The molecule has 0 saturated carbocycles. The number of rotatable bonds is 4. The first-order valence-electron chi connectivity index (χ1n) is 5.56. The van der Waals surface area contributed by atoms with Crippen molar-refractivity contribution in [3.05, 3.63) is 58.9 Å². The zero-order valence-corrected chi connectivity index (χ0v) is 10.7. The van der Waals surface area contributed by atoms with Crippen molar-refractivity contribution in [3.63, 3.8) is 0 Å². The molecule has 94 valence electrons. The van der Waals surface area contributed by atoms with Crippen molar-refractivity contribution in [2.75, 3.05) is 7.05 Å². The predicted octanol–water partition coefficient (Wildman–Crippen LogP) is 3.99. The van der Waals surface area contributed by atoms with Gasteiger partial charge in [-0.3, -0.25) is 0 Å². The smallest absolute Gasteiger partial charge is 0.134 e. The monoisotopic (exact) mass is 265 g/mol. The lowest BCUT2D eigenvalue weighted by atomic mass is 10.2. The number of hydrogen-bond acceptors (Lipinski definition) is 2. The maximum Gasteiger partial charge on any atom is 0.134 e. The third-order valence-corrected chi connectivity index (χ3v) is 2.72. The highest BCUT2D eigenvalue weighted by atomic mass is 35.5. The molecule has 0 unspecified atom stereocenters. The van der Waals surface area contributed by atoms with E-state index in [0.29, 0.717) is 28.6 Å². The molecule has 2 aromatic rings. The Morgan fingerprint density at radius 1 is 1.17 bits per heavy atom. The van der Waals surface area contributed by atoms with Crippen LogP contribution in [0.5, 0.6) is 11.5 Å². The lowest BCUT2D eigenvalue weighted by molar-refractivity contribution is 0.464. The molecule has 2 nitrogen and oxygen atoms in total. The molecule has 0 aromatic heterocycles. The van der Waals surface area contributed by atoms with Gasteiger partial charge in [0.15, 0.2) is 0 Å². The maximum atomic E-state index is 13.7. The molecule has 0 spiro atoms. The van der Waals surface area contributed by atoms with Gasteiger partial charge in [0.2, 0.25) is 0 Å². The molecule has 1 N–H and O–H groups in total. The number of benzene rings is 2. The van der Waals surface area contributed by atoms with E-state index in [2.05, 4.69) is 5.32 Å². The summed E-state index contributed by atoms with van der Waals surface area (Å²) in [5.41, 5.74) is 0.509. The second-order valence-corrected chi connectivity index (χ2v) is 4.24. The van der Waals surface area contributed by atoms with Gasteiger partial charge in [-0.1, -0.05) is 17.7 Å². The molecule has 0 bridgehead atoms. The minimum atomic E-state index is -0.282. The summed E-state index contributed by atoms with van der Waals surface area (Å²) in [7, 11) is 1.76. The first-order valence-corrected chi connectivity index (χ1v) is 5.94. The molecule has 0 aliphatic carbocycles. The Balaban J connectivity index is 2.28. The molecule has 2 aromatic carbocycles. The average Bonchev–Trinajstić information content (AvgIpc) is 2.36. The van der Waals surface area contributed by atoms with Crippen LogP contribution in [0.25, 0.3) is 0 Å². The maximum absolute atomic E-state index is 13.7. The summed E-state index contributed by atoms with van der Waals surface area (Å²) in [6, 6.07) is 11.7. The van der Waals surface area contributed by atoms with Crippen molar-refractivity contribution in [2.24, 2.45) is 0 Å². The van der Waals surface area contributed by atoms with E-state index in [1.165, 1.54) is 6.07 Å². The van der Waals surface area contributed by atoms with Crippen LogP contribution >= 0.6 is 11.6 Å². The van der Waals surface area contributed by atoms with Crippen molar-refractivity contribution in [1.29, 1.82) is 0 Å². The molecular weight excluding hydrogens is 253 g/mol. The minimum absolute atomic E-state index is 0.282. The Morgan fingerprint density at radius 2 is 1.89 bits per heavy atom. The van der Waals surface area contributed by atoms with Crippen molar-refractivity contribution < 1.29 is 9.13 Å². The predicted molar refractivity (Wildman–Crippen MR) is 70.7 cm³/mol. The van der Waals surface area contributed by atoms with E-state index in [1.807, 2.05) is 0 Å². The van der Waals surface area contributed by atoms with Gasteiger partial charge in [-0.15, -0.1) is 0 Å². The number of halogens is 2. The van der Waals surface area contributed by atoms with Crippen molar-refractivity contribution in [3.8, 4) is 11.5 Å². The normalized spacial score (nSPS) is 10.4. The van der Waals surface area contributed by atoms with E-state index in [0.717, 1.165) is 0 Å². The summed E-state index contributed by atoms with van der Waals surface area (Å²) in [5.74, 6) is 0.852. The van der Waals surface area contributed by atoms with E-state index in [9.17, 15) is 4.39 Å². The lowest BCUT2D eigenvalue weighted by Crippen LogP contribution is -2.08. The molecule has 0 heterocycles. The molecule has 0 aliphatic rings. The highest BCUT2D eigenvalue weighted by Crippen LogP contribution is 2.27. The molecule has 0 aliphatic heterocycles. The molecule has 0 atom stereocenters. The molecule has 2 rings (SSSR count). The van der Waals surface area contributed by atoms with Gasteiger partial charge in [0.05, 0.1) is 0 Å². The Kier molecular flexibility index (Phi) is 4.18. The van der Waals surface area contributed by atoms with Crippen LogP contribution in [0.2, 0.25) is 5.02 Å². The lowest BCUT2D eigenvalue weighted by Gasteiger charge is -2.11. The molecular formula is C14H13ClFNO. The zero-order chi connectivity index (χ0) is 13.0. The highest BCUT2D eigenvalue weighted by Gasteiger charge is 2.09. The average molecular weight is 266 g/mol. The summed E-state index contributed by atoms with van der Waals surface area (Å²) in [4.78, 5) is 0. The van der Waals surface area contributed by atoms with Crippen molar-refractivity contribution >= 4 is 11.6 Å². The van der Waals surface area contributed by atoms with Crippen LogP contribution in [0, 0.1) is 5.82 Å². The third kappa shape index (κ3) is 3.00. The van der Waals surface area contributed by atoms with Gasteiger partial charge in [0.1, 0.15) is 17.3 Å². The van der Waals surface area contributed by atoms with Gasteiger partial charge < -0.3 is 10.1 Å². The molecule has 0 saturated heterocycles. The first-order chi connectivity index (χ1) is 8.70. The number of ether oxygens (including phenoxy) is 1. The minimum Gasteiger partial charge on any atom is -0.457 e. The van der Waals surface area contributed by atoms with Gasteiger partial charge in [-0.25, -0.2) is 4.39 Å². The second kappa shape index (κ2) is 5.85. The van der Waals surface area contributed by atoms with Crippen molar-refractivity contribution in [1.82, 2.24) is 5.32 Å². The van der Waals surface area contributed by atoms with Crippen LogP contribution in [-0.4, -0.2) is 7.05 Å². The topological polar surface area (TPSA) is 21.3 Å². The Morgan fingerprint density at radius 3 is 2.56 bits per heavy atom. The Hall–Kier alpha value is -1.58. The number of hydrogen-bond donors (Lipinski definition) is 1. The molecule has 0 radical (unpaired) electrons. The van der Waals surface area contributed by atoms with Gasteiger partial charge in [0.25, 0.3) is 0 Å². The fourth-order valence-corrected chi connectivity index (χ4v) is 1.74. The Labute approximate surface area is 110 Å². The fraction of sp³-hybridized carbons (Fsp3) is 0.143. The summed E-state index contributed by atoms with van der Waals surface area (Å²) in [5, 5.41) is 3.56. The van der Waals surface area contributed by atoms with E-state index < -0.39 is 0 Å². The number of nitrogens with one attached hydrogen (secondary N) is 1. The largest absolute Gasteiger partial charge is 0.457 e. The van der Waals surface area contributed by atoms with Gasteiger partial charge >= 0.3 is 0 Å². The molecule has 18 heavy (non-hydrogen) atoms. The summed E-state index contributed by atoms with van der Waals surface area (Å²) in [6.07, 6.45) is 0. The van der Waals surface area contributed by atoms with Crippen LogP contribution < -0.4 is 10.1 Å². The summed E-state index contributed by atoms with van der Waals surface area (Å²) in [6.45, 7) is 0.412. The van der Waals surface area contributed by atoms with E-state index in [1.54, 1.807) is 43.4 Å². The highest BCUT2D eigenvalue weighted by molar-refractivity contribution is 6.30. The van der Waals surface area contributed by atoms with Crippen LogP contribution in [0.4, 0.5) is 4.39 Å². The van der Waals surface area contributed by atoms with Gasteiger partial charge in [0, 0.05) is 17.1 Å². The van der Waals surface area contributed by atoms with Gasteiger partial charge in [-0.2, -0.15) is 0 Å². The first kappa shape index (κ1) is 12.9. The SMILES string of the molecule is CNCc1c(F)cccc1Oc1ccc(Cl)cc1. The van der Waals surface area contributed by atoms with Crippen LogP contribution in [-0.2, 0) is 6.54 Å². The summed E-state index contributed by atoms with van der Waals surface area (Å²) >= 11 is 5.80. The second-order valence-electron chi connectivity index (χ2n) is 3.80. The Bertz CT molecular complexity index is 528. The zero-order valence-electron chi connectivity index (χ0n) is 9.91. The van der Waals surface area contributed by atoms with Crippen LogP contribution in [0.3, 0.4) is 0 Å². The standard InChI is InChI=1S/C14H13ClFNO/c1-17-9-12-13(16)3-2-4-14(12)18-11-7-5-10(15)6-8-11/h2-8,17H,9H2,1H3. The summed E-state index contributed by atoms with van der Waals surface area (Å²) < 4.78 is 19.3. The quantitative estimate of drug-likeness (QED) is 0.902. The molecule has 0 fully saturated rings. The van der Waals surface area contributed by atoms with E-state index in [-0.39, 0.29) is 5.82 Å². The third-order valence-electron chi connectivity index (χ3n) is 2.47. The van der Waals surface area contributed by atoms with E-state index >= 15 is 0 Å². The van der Waals surface area contributed by atoms with Crippen molar-refractivity contribution in [2.45, 2.75) is 6.54 Å².